The predicted octanol–water partition coefficient (Wildman–Crippen LogP) is 3.11. The number of sulfonamides is 1. The molecule has 2 aromatic rings. The minimum Gasteiger partial charge on any atom is -0.465 e. The lowest BCUT2D eigenvalue weighted by molar-refractivity contribution is 0.0600. The first kappa shape index (κ1) is 26.2. The molecule has 1 aromatic heterocycles. The van der Waals surface area contributed by atoms with E-state index < -0.39 is 21.2 Å². The Hall–Kier alpha value is -1.87. The molecule has 0 aliphatic carbocycles. The zero-order valence-electron chi connectivity index (χ0n) is 16.9. The van der Waals surface area contributed by atoms with Gasteiger partial charge in [-0.15, -0.1) is 24.8 Å². The van der Waals surface area contributed by atoms with E-state index in [0.29, 0.717) is 37.2 Å². The van der Waals surface area contributed by atoms with Crippen molar-refractivity contribution in [2.45, 2.75) is 31.6 Å². The minimum absolute atomic E-state index is 0. The number of carbonyl (C=O) groups excluding carboxylic acids is 1. The summed E-state index contributed by atoms with van der Waals surface area (Å²) in [6, 6.07) is 11.4. The second kappa shape index (κ2) is 11.5. The van der Waals surface area contributed by atoms with E-state index in [0.717, 1.165) is 5.69 Å². The largest absolute Gasteiger partial charge is 0.465 e. The lowest BCUT2D eigenvalue weighted by atomic mass is 10.1. The summed E-state index contributed by atoms with van der Waals surface area (Å²) in [4.78, 5) is 17.8. The number of piperidine rings is 1. The van der Waals surface area contributed by atoms with Crippen molar-refractivity contribution in [1.29, 1.82) is 0 Å². The average Bonchev–Trinajstić information content (AvgIpc) is 2.72. The van der Waals surface area contributed by atoms with E-state index in [4.69, 9.17) is 0 Å². The number of anilines is 1. The van der Waals surface area contributed by atoms with Crippen LogP contribution in [-0.2, 0) is 21.3 Å². The Morgan fingerprint density at radius 1 is 1.20 bits per heavy atom. The summed E-state index contributed by atoms with van der Waals surface area (Å²) in [6.45, 7) is 3.57. The topological polar surface area (TPSA) is 88.6 Å². The van der Waals surface area contributed by atoms with Gasteiger partial charge in [0.05, 0.1) is 30.2 Å². The molecule has 7 nitrogen and oxygen atoms in total. The number of benzene rings is 1. The molecule has 3 rings (SSSR count). The van der Waals surface area contributed by atoms with Gasteiger partial charge in [-0.1, -0.05) is 12.1 Å². The summed E-state index contributed by atoms with van der Waals surface area (Å²) in [5.74, 6) is -0.472. The van der Waals surface area contributed by atoms with Crippen LogP contribution in [0.4, 0.5) is 5.69 Å². The molecule has 0 saturated carbocycles. The SMILES string of the molecule is COC(=O)c1ccc(CNS(=O)(=O)C2CCN(c3cccc(C)c3)CC2)nc1.Cl.Cl. The Kier molecular flexibility index (Phi) is 10.0. The van der Waals surface area contributed by atoms with Gasteiger partial charge in [-0.3, -0.25) is 4.98 Å². The van der Waals surface area contributed by atoms with E-state index in [1.165, 1.54) is 18.9 Å². The maximum atomic E-state index is 12.6. The zero-order chi connectivity index (χ0) is 20.1. The van der Waals surface area contributed by atoms with Gasteiger partial charge >= 0.3 is 5.97 Å². The van der Waals surface area contributed by atoms with E-state index in [1.54, 1.807) is 12.1 Å². The fourth-order valence-electron chi connectivity index (χ4n) is 3.31. The molecule has 2 heterocycles. The van der Waals surface area contributed by atoms with Gasteiger partial charge in [-0.05, 0) is 49.6 Å². The Labute approximate surface area is 190 Å². The number of pyridine rings is 1. The maximum Gasteiger partial charge on any atom is 0.339 e. The van der Waals surface area contributed by atoms with Crippen molar-refractivity contribution in [3.8, 4) is 0 Å². The number of hydrogen-bond donors (Lipinski definition) is 1. The molecule has 1 aliphatic heterocycles. The average molecular weight is 476 g/mol. The smallest absolute Gasteiger partial charge is 0.339 e. The van der Waals surface area contributed by atoms with Crippen molar-refractivity contribution in [2.75, 3.05) is 25.1 Å². The number of hydrogen-bond acceptors (Lipinski definition) is 6. The highest BCUT2D eigenvalue weighted by Crippen LogP contribution is 2.23. The van der Waals surface area contributed by atoms with Crippen molar-refractivity contribution in [3.63, 3.8) is 0 Å². The van der Waals surface area contributed by atoms with Gasteiger partial charge in [0.15, 0.2) is 0 Å². The van der Waals surface area contributed by atoms with Crippen molar-refractivity contribution in [2.24, 2.45) is 0 Å². The van der Waals surface area contributed by atoms with Crippen LogP contribution in [-0.4, -0.2) is 44.8 Å². The van der Waals surface area contributed by atoms with Gasteiger partial charge in [-0.2, -0.15) is 0 Å². The fourth-order valence-corrected chi connectivity index (χ4v) is 4.73. The Morgan fingerprint density at radius 3 is 2.47 bits per heavy atom. The van der Waals surface area contributed by atoms with Crippen LogP contribution >= 0.6 is 24.8 Å². The minimum atomic E-state index is -3.43. The summed E-state index contributed by atoms with van der Waals surface area (Å²) >= 11 is 0. The van der Waals surface area contributed by atoms with Gasteiger partial charge in [0.2, 0.25) is 10.0 Å². The van der Waals surface area contributed by atoms with Gasteiger partial charge in [0.1, 0.15) is 0 Å². The molecule has 0 radical (unpaired) electrons. The molecule has 1 fully saturated rings. The van der Waals surface area contributed by atoms with E-state index in [-0.39, 0.29) is 31.4 Å². The molecular weight excluding hydrogens is 449 g/mol. The number of nitrogens with zero attached hydrogens (tertiary/aromatic N) is 2. The number of methoxy groups -OCH3 is 1. The third kappa shape index (κ3) is 6.57. The van der Waals surface area contributed by atoms with E-state index in [2.05, 4.69) is 44.5 Å². The molecular formula is C20H27Cl2N3O4S. The molecule has 0 bridgehead atoms. The summed E-state index contributed by atoms with van der Waals surface area (Å²) in [6.07, 6.45) is 2.55. The maximum absolute atomic E-state index is 12.6. The summed E-state index contributed by atoms with van der Waals surface area (Å²) in [5, 5.41) is -0.414. The Balaban J connectivity index is 0.00000225. The second-order valence-corrected chi connectivity index (χ2v) is 8.97. The molecule has 1 N–H and O–H groups in total. The number of carbonyl (C=O) groups is 1. The van der Waals surface area contributed by atoms with Crippen LogP contribution in [0.15, 0.2) is 42.6 Å². The summed E-state index contributed by atoms with van der Waals surface area (Å²) < 4.78 is 32.6. The first-order chi connectivity index (χ1) is 13.4. The lowest BCUT2D eigenvalue weighted by Gasteiger charge is -2.33. The molecule has 0 atom stereocenters. The van der Waals surface area contributed by atoms with Crippen molar-refractivity contribution < 1.29 is 17.9 Å². The molecule has 1 saturated heterocycles. The number of ether oxygens (including phenoxy) is 1. The normalized spacial score (nSPS) is 14.4. The van der Waals surface area contributed by atoms with Crippen LogP contribution in [0.5, 0.6) is 0 Å². The molecule has 0 amide bonds. The monoisotopic (exact) mass is 475 g/mol. The van der Waals surface area contributed by atoms with Gasteiger partial charge in [-0.25, -0.2) is 17.9 Å². The first-order valence-corrected chi connectivity index (χ1v) is 10.8. The third-order valence-corrected chi connectivity index (χ3v) is 6.84. The standard InChI is InChI=1S/C20H25N3O4S.2ClH/c1-15-4-3-5-18(12-15)23-10-8-19(9-11-23)28(25,26)22-14-17-7-6-16(13-21-17)20(24)27-2;;/h3-7,12-13,19,22H,8-11,14H2,1-2H3;2*1H. The highest BCUT2D eigenvalue weighted by Gasteiger charge is 2.29. The van der Waals surface area contributed by atoms with Gasteiger partial charge in [0.25, 0.3) is 0 Å². The van der Waals surface area contributed by atoms with Crippen molar-refractivity contribution in [3.05, 3.63) is 59.4 Å². The molecule has 1 aromatic carbocycles. The lowest BCUT2D eigenvalue weighted by Crippen LogP contribution is -2.43. The highest BCUT2D eigenvalue weighted by molar-refractivity contribution is 7.90. The molecule has 166 valence electrons. The van der Waals surface area contributed by atoms with Crippen LogP contribution in [0.1, 0.15) is 34.5 Å². The van der Waals surface area contributed by atoms with Crippen molar-refractivity contribution >= 4 is 46.5 Å². The zero-order valence-corrected chi connectivity index (χ0v) is 19.4. The fraction of sp³-hybridized carbons (Fsp3) is 0.400. The molecule has 1 aliphatic rings. The molecule has 0 spiro atoms. The van der Waals surface area contributed by atoms with E-state index in [9.17, 15) is 13.2 Å². The van der Waals surface area contributed by atoms with Crippen LogP contribution in [0.2, 0.25) is 0 Å². The van der Waals surface area contributed by atoms with Crippen LogP contribution in [0, 0.1) is 6.92 Å². The van der Waals surface area contributed by atoms with Crippen LogP contribution < -0.4 is 9.62 Å². The molecule has 10 heteroatoms. The van der Waals surface area contributed by atoms with Crippen LogP contribution in [0.25, 0.3) is 0 Å². The number of nitrogens with one attached hydrogen (secondary N) is 1. The van der Waals surface area contributed by atoms with E-state index >= 15 is 0 Å². The van der Waals surface area contributed by atoms with E-state index in [1.807, 2.05) is 6.07 Å². The van der Waals surface area contributed by atoms with Crippen LogP contribution in [0.3, 0.4) is 0 Å². The van der Waals surface area contributed by atoms with Gasteiger partial charge < -0.3 is 9.64 Å². The number of esters is 1. The number of rotatable bonds is 6. The van der Waals surface area contributed by atoms with Crippen molar-refractivity contribution in [1.82, 2.24) is 9.71 Å². The summed E-state index contributed by atoms with van der Waals surface area (Å²) in [5.41, 5.74) is 3.21. The molecule has 0 unspecified atom stereocenters. The Bertz CT molecular complexity index is 931. The number of halogens is 2. The third-order valence-electron chi connectivity index (χ3n) is 4.95. The second-order valence-electron chi connectivity index (χ2n) is 6.92. The molecule has 30 heavy (non-hydrogen) atoms. The summed E-state index contributed by atoms with van der Waals surface area (Å²) in [7, 11) is -2.13. The first-order valence-electron chi connectivity index (χ1n) is 9.22. The number of aromatic nitrogens is 1. The number of aryl methyl sites for hydroxylation is 1. The quantitative estimate of drug-likeness (QED) is 0.645. The Morgan fingerprint density at radius 2 is 1.90 bits per heavy atom. The van der Waals surface area contributed by atoms with Gasteiger partial charge in [0, 0.05) is 25.0 Å². The highest BCUT2D eigenvalue weighted by atomic mass is 35.5. The predicted molar refractivity (Wildman–Crippen MR) is 122 cm³/mol.